The molecular weight excluding hydrogens is 190 g/mol. The van der Waals surface area contributed by atoms with E-state index in [2.05, 4.69) is 10.3 Å². The number of nitrogens with one attached hydrogen (secondary N) is 3. The van der Waals surface area contributed by atoms with Gasteiger partial charge in [0.1, 0.15) is 0 Å². The molecule has 7 heteroatoms. The summed E-state index contributed by atoms with van der Waals surface area (Å²) in [7, 11) is 0. The predicted molar refractivity (Wildman–Crippen MR) is 47.0 cm³/mol. The van der Waals surface area contributed by atoms with Crippen LogP contribution in [-0.2, 0) is 11.3 Å². The molecule has 0 amide bonds. The fraction of sp³-hybridized carbons (Fsp3) is 0.286. The SMILES string of the molecule is O=C(O)CNCc1cc(=O)[nH]c(=O)[nH]1. The van der Waals surface area contributed by atoms with Crippen LogP contribution in [0.15, 0.2) is 15.7 Å². The highest BCUT2D eigenvalue weighted by Crippen LogP contribution is 1.82. The molecule has 0 saturated carbocycles. The van der Waals surface area contributed by atoms with Gasteiger partial charge >= 0.3 is 11.7 Å². The summed E-state index contributed by atoms with van der Waals surface area (Å²) in [6.45, 7) is -0.0969. The Bertz CT molecular complexity index is 405. The van der Waals surface area contributed by atoms with Gasteiger partial charge in [0.05, 0.1) is 6.54 Å². The Labute approximate surface area is 77.8 Å². The lowest BCUT2D eigenvalue weighted by Crippen LogP contribution is -2.27. The van der Waals surface area contributed by atoms with E-state index >= 15 is 0 Å². The topological polar surface area (TPSA) is 115 Å². The van der Waals surface area contributed by atoms with Crippen molar-refractivity contribution in [1.82, 2.24) is 15.3 Å². The monoisotopic (exact) mass is 199 g/mol. The van der Waals surface area contributed by atoms with Crippen LogP contribution in [0.2, 0.25) is 0 Å². The number of aliphatic carboxylic acids is 1. The van der Waals surface area contributed by atoms with Crippen LogP contribution < -0.4 is 16.6 Å². The maximum atomic E-state index is 10.8. The van der Waals surface area contributed by atoms with Crippen LogP contribution in [0.25, 0.3) is 0 Å². The van der Waals surface area contributed by atoms with Crippen LogP contribution >= 0.6 is 0 Å². The molecular formula is C7H9N3O4. The minimum atomic E-state index is -1.00. The van der Waals surface area contributed by atoms with Crippen molar-refractivity contribution in [3.63, 3.8) is 0 Å². The van der Waals surface area contributed by atoms with Crippen LogP contribution in [0.4, 0.5) is 0 Å². The summed E-state index contributed by atoms with van der Waals surface area (Å²) in [5.41, 5.74) is -0.773. The van der Waals surface area contributed by atoms with E-state index in [1.54, 1.807) is 0 Å². The Kier molecular flexibility index (Phi) is 3.19. The van der Waals surface area contributed by atoms with Gasteiger partial charge in [-0.3, -0.25) is 14.6 Å². The highest BCUT2D eigenvalue weighted by atomic mass is 16.4. The first-order chi connectivity index (χ1) is 6.58. The van der Waals surface area contributed by atoms with Crippen LogP contribution in [0, 0.1) is 0 Å². The summed E-state index contributed by atoms with van der Waals surface area (Å²) in [6, 6.07) is 1.19. The Hall–Kier alpha value is -1.89. The summed E-state index contributed by atoms with van der Waals surface area (Å²) in [5.74, 6) is -1.00. The second-order valence-corrected chi connectivity index (χ2v) is 2.61. The number of hydrogen-bond donors (Lipinski definition) is 4. The van der Waals surface area contributed by atoms with E-state index in [1.165, 1.54) is 6.07 Å². The van der Waals surface area contributed by atoms with Gasteiger partial charge in [-0.2, -0.15) is 0 Å². The van der Waals surface area contributed by atoms with Crippen molar-refractivity contribution in [2.45, 2.75) is 6.54 Å². The van der Waals surface area contributed by atoms with Crippen molar-refractivity contribution >= 4 is 5.97 Å². The molecule has 0 fully saturated rings. The average Bonchev–Trinajstić information content (AvgIpc) is 2.01. The van der Waals surface area contributed by atoms with Crippen LogP contribution in [0.1, 0.15) is 5.69 Å². The molecule has 0 aliphatic rings. The molecule has 0 atom stereocenters. The lowest BCUT2D eigenvalue weighted by molar-refractivity contribution is -0.135. The molecule has 0 aromatic carbocycles. The predicted octanol–water partition coefficient (Wildman–Crippen LogP) is -1.76. The van der Waals surface area contributed by atoms with Gasteiger partial charge in [0.15, 0.2) is 0 Å². The second kappa shape index (κ2) is 4.38. The lowest BCUT2D eigenvalue weighted by atomic mass is 10.4. The number of rotatable bonds is 4. The van der Waals surface area contributed by atoms with Crippen molar-refractivity contribution in [2.75, 3.05) is 6.54 Å². The summed E-state index contributed by atoms with van der Waals surface area (Å²) in [5, 5.41) is 10.8. The van der Waals surface area contributed by atoms with Gasteiger partial charge in [0, 0.05) is 18.3 Å². The first-order valence-electron chi connectivity index (χ1n) is 3.83. The maximum absolute atomic E-state index is 10.8. The molecule has 0 bridgehead atoms. The van der Waals surface area contributed by atoms with E-state index in [0.29, 0.717) is 5.69 Å². The molecule has 1 aromatic rings. The standard InChI is InChI=1S/C7H9N3O4/c11-5-1-4(9-7(14)10-5)2-8-3-6(12)13/h1,8H,2-3H2,(H,12,13)(H2,9,10,11,14). The average molecular weight is 199 g/mol. The van der Waals surface area contributed by atoms with Crippen molar-refractivity contribution in [2.24, 2.45) is 0 Å². The Morgan fingerprint density at radius 1 is 1.43 bits per heavy atom. The van der Waals surface area contributed by atoms with Crippen molar-refractivity contribution in [3.8, 4) is 0 Å². The molecule has 0 radical (unpaired) electrons. The first kappa shape index (κ1) is 10.2. The van der Waals surface area contributed by atoms with E-state index in [4.69, 9.17) is 5.11 Å². The molecule has 0 saturated heterocycles. The van der Waals surface area contributed by atoms with Gasteiger partial charge in [0.25, 0.3) is 5.56 Å². The second-order valence-electron chi connectivity index (χ2n) is 2.61. The zero-order chi connectivity index (χ0) is 10.6. The van der Waals surface area contributed by atoms with Crippen molar-refractivity contribution in [1.29, 1.82) is 0 Å². The third-order valence-electron chi connectivity index (χ3n) is 1.41. The molecule has 1 rings (SSSR count). The Morgan fingerprint density at radius 3 is 2.71 bits per heavy atom. The number of hydrogen-bond acceptors (Lipinski definition) is 4. The molecule has 14 heavy (non-hydrogen) atoms. The van der Waals surface area contributed by atoms with Gasteiger partial charge in [-0.25, -0.2) is 4.79 Å². The van der Waals surface area contributed by atoms with Crippen LogP contribution in [0.3, 0.4) is 0 Å². The normalized spacial score (nSPS) is 10.0. The van der Waals surface area contributed by atoms with E-state index in [1.807, 2.05) is 4.98 Å². The number of carboxylic acid groups (broad SMARTS) is 1. The molecule has 76 valence electrons. The minimum Gasteiger partial charge on any atom is -0.480 e. The fourth-order valence-corrected chi connectivity index (χ4v) is 0.919. The number of carbonyl (C=O) groups is 1. The summed E-state index contributed by atoms with van der Waals surface area (Å²) in [4.78, 5) is 36.0. The third-order valence-corrected chi connectivity index (χ3v) is 1.41. The smallest absolute Gasteiger partial charge is 0.325 e. The van der Waals surface area contributed by atoms with Crippen LogP contribution in [-0.4, -0.2) is 27.6 Å². The minimum absolute atomic E-state index is 0.130. The molecule has 7 nitrogen and oxygen atoms in total. The molecule has 4 N–H and O–H groups in total. The molecule has 1 aromatic heterocycles. The highest BCUT2D eigenvalue weighted by molar-refractivity contribution is 5.68. The molecule has 0 unspecified atom stereocenters. The van der Waals surface area contributed by atoms with Crippen molar-refractivity contribution < 1.29 is 9.90 Å². The third kappa shape index (κ3) is 3.23. The van der Waals surface area contributed by atoms with Gasteiger partial charge in [-0.15, -0.1) is 0 Å². The molecule has 0 aliphatic heterocycles. The Balaban J connectivity index is 2.63. The zero-order valence-electron chi connectivity index (χ0n) is 7.16. The van der Waals surface area contributed by atoms with Gasteiger partial charge in [0.2, 0.25) is 0 Å². The Morgan fingerprint density at radius 2 is 2.14 bits per heavy atom. The van der Waals surface area contributed by atoms with Crippen molar-refractivity contribution in [3.05, 3.63) is 32.6 Å². The van der Waals surface area contributed by atoms with E-state index in [0.717, 1.165) is 0 Å². The van der Waals surface area contributed by atoms with Gasteiger partial charge in [-0.05, 0) is 0 Å². The van der Waals surface area contributed by atoms with Gasteiger partial charge < -0.3 is 15.4 Å². The van der Waals surface area contributed by atoms with E-state index < -0.39 is 17.2 Å². The maximum Gasteiger partial charge on any atom is 0.325 e. The number of aromatic nitrogens is 2. The zero-order valence-corrected chi connectivity index (χ0v) is 7.16. The number of H-pyrrole nitrogens is 2. The largest absolute Gasteiger partial charge is 0.480 e. The highest BCUT2D eigenvalue weighted by Gasteiger charge is 1.98. The number of carboxylic acids is 1. The molecule has 1 heterocycles. The summed E-state index contributed by atoms with van der Waals surface area (Å²) in [6.07, 6.45) is 0. The first-order valence-corrected chi connectivity index (χ1v) is 3.83. The quantitative estimate of drug-likeness (QED) is 0.458. The number of aromatic amines is 2. The molecule has 0 aliphatic carbocycles. The van der Waals surface area contributed by atoms with Crippen LogP contribution in [0.5, 0.6) is 0 Å². The molecule has 0 spiro atoms. The van der Waals surface area contributed by atoms with E-state index in [9.17, 15) is 14.4 Å². The van der Waals surface area contributed by atoms with Gasteiger partial charge in [-0.1, -0.05) is 0 Å². The summed E-state index contributed by atoms with van der Waals surface area (Å²) >= 11 is 0. The fourth-order valence-electron chi connectivity index (χ4n) is 0.919. The lowest BCUT2D eigenvalue weighted by Gasteiger charge is -2.00. The summed E-state index contributed by atoms with van der Waals surface area (Å²) < 4.78 is 0. The van der Waals surface area contributed by atoms with E-state index in [-0.39, 0.29) is 13.1 Å².